The SMILES string of the molecule is CCCC1NC(=O)C(C)(C)N(CC(C)OC)C1=O. The summed E-state index contributed by atoms with van der Waals surface area (Å²) < 4.78 is 5.20. The Morgan fingerprint density at radius 1 is 1.44 bits per heavy atom. The maximum absolute atomic E-state index is 12.4. The Hall–Kier alpha value is -1.10. The molecule has 0 aliphatic carbocycles. The lowest BCUT2D eigenvalue weighted by molar-refractivity contribution is -0.157. The molecule has 2 unspecified atom stereocenters. The van der Waals surface area contributed by atoms with Crippen LogP contribution in [0.15, 0.2) is 0 Å². The third kappa shape index (κ3) is 2.83. The van der Waals surface area contributed by atoms with Gasteiger partial charge in [-0.1, -0.05) is 13.3 Å². The van der Waals surface area contributed by atoms with Crippen molar-refractivity contribution in [3.05, 3.63) is 0 Å². The van der Waals surface area contributed by atoms with Crippen molar-refractivity contribution >= 4 is 11.8 Å². The number of rotatable bonds is 5. The number of carbonyl (C=O) groups is 2. The fourth-order valence-electron chi connectivity index (χ4n) is 2.12. The molecule has 0 spiro atoms. The van der Waals surface area contributed by atoms with E-state index in [1.807, 2.05) is 13.8 Å². The Kier molecular flexibility index (Phi) is 4.73. The molecule has 1 heterocycles. The lowest BCUT2D eigenvalue weighted by atomic mass is 9.93. The Morgan fingerprint density at radius 2 is 2.06 bits per heavy atom. The minimum absolute atomic E-state index is 0.00894. The van der Waals surface area contributed by atoms with Crippen molar-refractivity contribution in [1.82, 2.24) is 10.2 Å². The number of hydrogen-bond acceptors (Lipinski definition) is 3. The first-order valence-corrected chi connectivity index (χ1v) is 6.49. The van der Waals surface area contributed by atoms with Crippen LogP contribution in [-0.2, 0) is 14.3 Å². The summed E-state index contributed by atoms with van der Waals surface area (Å²) in [4.78, 5) is 26.1. The maximum Gasteiger partial charge on any atom is 0.246 e. The quantitative estimate of drug-likeness (QED) is 0.796. The van der Waals surface area contributed by atoms with Gasteiger partial charge in [-0.15, -0.1) is 0 Å². The fourth-order valence-corrected chi connectivity index (χ4v) is 2.12. The van der Waals surface area contributed by atoms with E-state index in [0.717, 1.165) is 6.42 Å². The minimum atomic E-state index is -0.811. The Balaban J connectivity index is 2.92. The smallest absolute Gasteiger partial charge is 0.246 e. The van der Waals surface area contributed by atoms with Gasteiger partial charge in [-0.05, 0) is 27.2 Å². The molecule has 2 amide bonds. The van der Waals surface area contributed by atoms with Crippen LogP contribution < -0.4 is 5.32 Å². The van der Waals surface area contributed by atoms with Gasteiger partial charge in [0.25, 0.3) is 0 Å². The molecule has 1 fully saturated rings. The van der Waals surface area contributed by atoms with Crippen LogP contribution in [-0.4, -0.2) is 48.1 Å². The Morgan fingerprint density at radius 3 is 2.56 bits per heavy atom. The largest absolute Gasteiger partial charge is 0.380 e. The van der Waals surface area contributed by atoms with Crippen LogP contribution >= 0.6 is 0 Å². The number of amides is 2. The van der Waals surface area contributed by atoms with Crippen LogP contribution in [0.2, 0.25) is 0 Å². The van der Waals surface area contributed by atoms with Crippen LogP contribution in [0, 0.1) is 0 Å². The number of nitrogens with one attached hydrogen (secondary N) is 1. The molecular formula is C13H24N2O3. The molecule has 0 radical (unpaired) electrons. The second-order valence-electron chi connectivity index (χ2n) is 5.37. The van der Waals surface area contributed by atoms with E-state index in [9.17, 15) is 9.59 Å². The van der Waals surface area contributed by atoms with Crippen LogP contribution in [0.1, 0.15) is 40.5 Å². The number of methoxy groups -OCH3 is 1. The van der Waals surface area contributed by atoms with Gasteiger partial charge in [-0.2, -0.15) is 0 Å². The van der Waals surface area contributed by atoms with E-state index in [-0.39, 0.29) is 24.0 Å². The Labute approximate surface area is 109 Å². The minimum Gasteiger partial charge on any atom is -0.380 e. The van der Waals surface area contributed by atoms with Gasteiger partial charge in [0.2, 0.25) is 11.8 Å². The molecule has 1 aliphatic heterocycles. The maximum atomic E-state index is 12.4. The van der Waals surface area contributed by atoms with E-state index in [1.165, 1.54) is 0 Å². The van der Waals surface area contributed by atoms with Gasteiger partial charge < -0.3 is 15.0 Å². The monoisotopic (exact) mass is 256 g/mol. The van der Waals surface area contributed by atoms with Crippen LogP contribution in [0.5, 0.6) is 0 Å². The molecule has 1 rings (SSSR count). The molecule has 1 aliphatic rings. The average molecular weight is 256 g/mol. The third-order valence-corrected chi connectivity index (χ3v) is 3.52. The predicted molar refractivity (Wildman–Crippen MR) is 69.1 cm³/mol. The number of nitrogens with zero attached hydrogens (tertiary/aromatic N) is 1. The van der Waals surface area contributed by atoms with E-state index in [4.69, 9.17) is 4.74 Å². The number of piperazine rings is 1. The molecule has 5 nitrogen and oxygen atoms in total. The van der Waals surface area contributed by atoms with Gasteiger partial charge >= 0.3 is 0 Å². The van der Waals surface area contributed by atoms with Crippen LogP contribution in [0.3, 0.4) is 0 Å². The summed E-state index contributed by atoms with van der Waals surface area (Å²) >= 11 is 0. The molecule has 0 saturated carbocycles. The van der Waals surface area contributed by atoms with Crippen molar-refractivity contribution in [1.29, 1.82) is 0 Å². The highest BCUT2D eigenvalue weighted by Crippen LogP contribution is 2.23. The lowest BCUT2D eigenvalue weighted by Gasteiger charge is -2.45. The van der Waals surface area contributed by atoms with E-state index in [0.29, 0.717) is 13.0 Å². The van der Waals surface area contributed by atoms with Crippen molar-refractivity contribution < 1.29 is 14.3 Å². The molecule has 0 aromatic heterocycles. The molecule has 0 bridgehead atoms. The highest BCUT2D eigenvalue weighted by molar-refractivity contribution is 5.99. The zero-order valence-corrected chi connectivity index (χ0v) is 11.9. The summed E-state index contributed by atoms with van der Waals surface area (Å²) in [5.41, 5.74) is -0.811. The van der Waals surface area contributed by atoms with Crippen molar-refractivity contribution in [2.24, 2.45) is 0 Å². The highest BCUT2D eigenvalue weighted by atomic mass is 16.5. The molecule has 2 atom stereocenters. The molecule has 5 heteroatoms. The molecule has 0 aromatic rings. The number of carbonyl (C=O) groups excluding carboxylic acids is 2. The zero-order chi connectivity index (χ0) is 13.9. The topological polar surface area (TPSA) is 58.6 Å². The highest BCUT2D eigenvalue weighted by Gasteiger charge is 2.46. The van der Waals surface area contributed by atoms with Crippen LogP contribution in [0.4, 0.5) is 0 Å². The summed E-state index contributed by atoms with van der Waals surface area (Å²) in [7, 11) is 1.61. The summed E-state index contributed by atoms with van der Waals surface area (Å²) in [5, 5.41) is 2.81. The first-order valence-electron chi connectivity index (χ1n) is 6.49. The van der Waals surface area contributed by atoms with E-state index < -0.39 is 5.54 Å². The molecule has 104 valence electrons. The van der Waals surface area contributed by atoms with Crippen molar-refractivity contribution in [3.8, 4) is 0 Å². The molecule has 1 saturated heterocycles. The van der Waals surface area contributed by atoms with Crippen molar-refractivity contribution in [3.63, 3.8) is 0 Å². The second kappa shape index (κ2) is 5.69. The molecule has 18 heavy (non-hydrogen) atoms. The summed E-state index contributed by atoms with van der Waals surface area (Å²) in [6.45, 7) is 7.87. The van der Waals surface area contributed by atoms with Gasteiger partial charge in [0.15, 0.2) is 0 Å². The van der Waals surface area contributed by atoms with Gasteiger partial charge in [0.05, 0.1) is 6.10 Å². The normalized spacial score (nSPS) is 24.9. The molecule has 1 N–H and O–H groups in total. The van der Waals surface area contributed by atoms with E-state index in [1.54, 1.807) is 25.9 Å². The molecule has 0 aromatic carbocycles. The van der Waals surface area contributed by atoms with Gasteiger partial charge in [0.1, 0.15) is 11.6 Å². The lowest BCUT2D eigenvalue weighted by Crippen LogP contribution is -2.69. The Bertz CT molecular complexity index is 328. The fraction of sp³-hybridized carbons (Fsp3) is 0.846. The predicted octanol–water partition coefficient (Wildman–Crippen LogP) is 0.927. The first kappa shape index (κ1) is 15.0. The van der Waals surface area contributed by atoms with E-state index in [2.05, 4.69) is 5.32 Å². The number of hydrogen-bond donors (Lipinski definition) is 1. The number of ether oxygens (including phenoxy) is 1. The average Bonchev–Trinajstić information content (AvgIpc) is 2.32. The summed E-state index contributed by atoms with van der Waals surface area (Å²) in [5.74, 6) is -0.103. The summed E-state index contributed by atoms with van der Waals surface area (Å²) in [6, 6.07) is -0.389. The van der Waals surface area contributed by atoms with E-state index >= 15 is 0 Å². The van der Waals surface area contributed by atoms with Crippen molar-refractivity contribution in [2.75, 3.05) is 13.7 Å². The summed E-state index contributed by atoms with van der Waals surface area (Å²) in [6.07, 6.45) is 1.46. The first-order chi connectivity index (χ1) is 8.34. The second-order valence-corrected chi connectivity index (χ2v) is 5.37. The standard InChI is InChI=1S/C13H24N2O3/c1-6-7-10-11(16)15(8-9(2)18-5)13(3,4)12(17)14-10/h9-10H,6-8H2,1-5H3,(H,14,17). The zero-order valence-electron chi connectivity index (χ0n) is 11.9. The van der Waals surface area contributed by atoms with Gasteiger partial charge in [-0.3, -0.25) is 9.59 Å². The van der Waals surface area contributed by atoms with Gasteiger partial charge in [-0.25, -0.2) is 0 Å². The third-order valence-electron chi connectivity index (χ3n) is 3.52. The van der Waals surface area contributed by atoms with Crippen molar-refractivity contribution in [2.45, 2.75) is 58.2 Å². The molecular weight excluding hydrogens is 232 g/mol. The van der Waals surface area contributed by atoms with Gasteiger partial charge in [0, 0.05) is 13.7 Å². The van der Waals surface area contributed by atoms with Crippen LogP contribution in [0.25, 0.3) is 0 Å².